The number of nitrogens with zero attached hydrogens (tertiary/aromatic N) is 5. The molecule has 28 heavy (non-hydrogen) atoms. The Morgan fingerprint density at radius 2 is 2.11 bits per heavy atom. The molecule has 1 N–H and O–H groups in total. The van der Waals surface area contributed by atoms with Crippen LogP contribution in [0.15, 0.2) is 30.7 Å². The van der Waals surface area contributed by atoms with Gasteiger partial charge in [-0.15, -0.1) is 6.42 Å². The van der Waals surface area contributed by atoms with Crippen LogP contribution in [0.4, 0.5) is 20.3 Å². The average Bonchev–Trinajstić information content (AvgIpc) is 3.35. The lowest BCUT2D eigenvalue weighted by molar-refractivity contribution is 0.555. The van der Waals surface area contributed by atoms with Gasteiger partial charge in [-0.05, 0) is 24.6 Å². The first-order valence-corrected chi connectivity index (χ1v) is 8.74. The lowest BCUT2D eigenvalue weighted by Crippen LogP contribution is -2.39. The summed E-state index contributed by atoms with van der Waals surface area (Å²) in [6, 6.07) is 5.52. The van der Waals surface area contributed by atoms with Gasteiger partial charge < -0.3 is 14.8 Å². The van der Waals surface area contributed by atoms with Crippen LogP contribution >= 0.6 is 0 Å². The number of nitrogens with one attached hydrogen (secondary N) is 1. The molecular formula is C20H16F2N6. The molecular weight excluding hydrogens is 362 g/mol. The van der Waals surface area contributed by atoms with Gasteiger partial charge in [-0.3, -0.25) is 0 Å². The van der Waals surface area contributed by atoms with Crippen molar-refractivity contribution in [1.29, 1.82) is 5.26 Å². The summed E-state index contributed by atoms with van der Waals surface area (Å²) in [4.78, 5) is 15.2. The standard InChI is InChI=1S/C20H16F2N6/c1-2-6-28(18-16(21)8-13(10-23)9-17(18)22)14-4-7-27(11-14)20-15-3-5-24-19(15)25-12-26-20/h1,3,5,8-9,12,14H,4,6-7,11H2,(H,24,25,26). The van der Waals surface area contributed by atoms with E-state index in [1.807, 2.05) is 6.07 Å². The van der Waals surface area contributed by atoms with E-state index in [1.54, 1.807) is 17.2 Å². The second kappa shape index (κ2) is 7.16. The number of anilines is 2. The summed E-state index contributed by atoms with van der Waals surface area (Å²) in [5.41, 5.74) is 0.472. The van der Waals surface area contributed by atoms with Crippen molar-refractivity contribution < 1.29 is 8.78 Å². The molecule has 140 valence electrons. The molecule has 0 radical (unpaired) electrons. The van der Waals surface area contributed by atoms with Crippen LogP contribution in [0.25, 0.3) is 11.0 Å². The quantitative estimate of drug-likeness (QED) is 0.707. The number of aromatic amines is 1. The third kappa shape index (κ3) is 2.99. The highest BCUT2D eigenvalue weighted by Gasteiger charge is 2.32. The molecule has 1 aliphatic heterocycles. The van der Waals surface area contributed by atoms with Gasteiger partial charge in [0.15, 0.2) is 11.6 Å². The molecule has 1 unspecified atom stereocenters. The Kier molecular flexibility index (Phi) is 4.54. The van der Waals surface area contributed by atoms with Gasteiger partial charge in [0.05, 0.1) is 23.6 Å². The van der Waals surface area contributed by atoms with Gasteiger partial charge in [-0.2, -0.15) is 5.26 Å². The molecule has 1 aliphatic rings. The molecule has 0 saturated carbocycles. The van der Waals surface area contributed by atoms with Gasteiger partial charge in [0, 0.05) is 25.3 Å². The number of benzene rings is 1. The van der Waals surface area contributed by atoms with Crippen LogP contribution in [0.5, 0.6) is 0 Å². The summed E-state index contributed by atoms with van der Waals surface area (Å²) in [6.45, 7) is 1.24. The minimum Gasteiger partial charge on any atom is -0.354 e. The van der Waals surface area contributed by atoms with E-state index in [-0.39, 0.29) is 23.8 Å². The number of fused-ring (bicyclic) bond motifs is 1. The first kappa shape index (κ1) is 17.7. The maximum absolute atomic E-state index is 14.6. The fourth-order valence-corrected chi connectivity index (χ4v) is 3.69. The number of nitriles is 1. The number of H-pyrrole nitrogens is 1. The van der Waals surface area contributed by atoms with E-state index in [2.05, 4.69) is 25.8 Å². The zero-order valence-corrected chi connectivity index (χ0v) is 14.9. The molecule has 1 aromatic carbocycles. The van der Waals surface area contributed by atoms with Crippen molar-refractivity contribution in [3.63, 3.8) is 0 Å². The minimum absolute atomic E-state index is 0.0571. The highest BCUT2D eigenvalue weighted by molar-refractivity contribution is 5.87. The van der Waals surface area contributed by atoms with E-state index >= 15 is 0 Å². The predicted octanol–water partition coefficient (Wildman–Crippen LogP) is 2.83. The highest BCUT2D eigenvalue weighted by atomic mass is 19.1. The molecule has 3 heterocycles. The summed E-state index contributed by atoms with van der Waals surface area (Å²) in [5, 5.41) is 9.80. The van der Waals surface area contributed by atoms with E-state index in [9.17, 15) is 8.78 Å². The molecule has 0 aliphatic carbocycles. The van der Waals surface area contributed by atoms with E-state index in [4.69, 9.17) is 11.7 Å². The van der Waals surface area contributed by atoms with Crippen LogP contribution in [-0.4, -0.2) is 40.6 Å². The van der Waals surface area contributed by atoms with Gasteiger partial charge >= 0.3 is 0 Å². The van der Waals surface area contributed by atoms with Crippen molar-refractivity contribution in [2.45, 2.75) is 12.5 Å². The number of aromatic nitrogens is 3. The number of hydrogen-bond acceptors (Lipinski definition) is 5. The molecule has 1 fully saturated rings. The molecule has 8 heteroatoms. The normalized spacial score (nSPS) is 16.1. The van der Waals surface area contributed by atoms with Gasteiger partial charge in [-0.25, -0.2) is 18.7 Å². The molecule has 6 nitrogen and oxygen atoms in total. The lowest BCUT2D eigenvalue weighted by atomic mass is 10.1. The van der Waals surface area contributed by atoms with E-state index < -0.39 is 11.6 Å². The minimum atomic E-state index is -0.791. The van der Waals surface area contributed by atoms with Crippen LogP contribution < -0.4 is 9.80 Å². The Morgan fingerprint density at radius 3 is 2.82 bits per heavy atom. The van der Waals surface area contributed by atoms with Crippen LogP contribution in [-0.2, 0) is 0 Å². The third-order valence-corrected chi connectivity index (χ3v) is 4.93. The Hall–Kier alpha value is -3.65. The van der Waals surface area contributed by atoms with Crippen molar-refractivity contribution in [1.82, 2.24) is 15.0 Å². The molecule has 1 saturated heterocycles. The zero-order chi connectivity index (χ0) is 19.7. The summed E-state index contributed by atoms with van der Waals surface area (Å²) in [5.74, 6) is 1.68. The van der Waals surface area contributed by atoms with Crippen LogP contribution in [0.2, 0.25) is 0 Å². The van der Waals surface area contributed by atoms with Crippen molar-refractivity contribution in [3.05, 3.63) is 47.9 Å². The molecule has 0 amide bonds. The second-order valence-electron chi connectivity index (χ2n) is 6.56. The first-order chi connectivity index (χ1) is 13.6. The van der Waals surface area contributed by atoms with Crippen LogP contribution in [0.3, 0.4) is 0 Å². The molecule has 4 rings (SSSR count). The number of rotatable bonds is 4. The molecule has 0 bridgehead atoms. The molecule has 2 aromatic heterocycles. The van der Waals surface area contributed by atoms with E-state index in [1.165, 1.54) is 6.33 Å². The second-order valence-corrected chi connectivity index (χ2v) is 6.56. The number of terminal acetylenes is 1. The average molecular weight is 378 g/mol. The van der Waals surface area contributed by atoms with E-state index in [0.717, 1.165) is 29.0 Å². The monoisotopic (exact) mass is 378 g/mol. The van der Waals surface area contributed by atoms with Gasteiger partial charge in [0.1, 0.15) is 23.5 Å². The topological polar surface area (TPSA) is 71.8 Å². The smallest absolute Gasteiger partial charge is 0.150 e. The van der Waals surface area contributed by atoms with Crippen LogP contribution in [0, 0.1) is 35.3 Å². The SMILES string of the molecule is C#CCN(c1c(F)cc(C#N)cc1F)C1CCN(c2ncnc3[nH]ccc23)C1. The van der Waals surface area contributed by atoms with Crippen molar-refractivity contribution >= 4 is 22.5 Å². The summed E-state index contributed by atoms with van der Waals surface area (Å²) < 4.78 is 29.1. The molecule has 1 atom stereocenters. The zero-order valence-electron chi connectivity index (χ0n) is 14.9. The van der Waals surface area contributed by atoms with Crippen molar-refractivity contribution in [3.8, 4) is 18.4 Å². The maximum Gasteiger partial charge on any atom is 0.150 e. The summed E-state index contributed by atoms with van der Waals surface area (Å²) >= 11 is 0. The predicted molar refractivity (Wildman–Crippen MR) is 102 cm³/mol. The van der Waals surface area contributed by atoms with Crippen LogP contribution in [0.1, 0.15) is 12.0 Å². The Bertz CT molecular complexity index is 1090. The fourth-order valence-electron chi connectivity index (χ4n) is 3.69. The fraction of sp³-hybridized carbons (Fsp3) is 0.250. The van der Waals surface area contributed by atoms with Gasteiger partial charge in [-0.1, -0.05) is 5.92 Å². The van der Waals surface area contributed by atoms with E-state index in [0.29, 0.717) is 19.5 Å². The number of hydrogen-bond donors (Lipinski definition) is 1. The first-order valence-electron chi connectivity index (χ1n) is 8.74. The largest absolute Gasteiger partial charge is 0.354 e. The van der Waals surface area contributed by atoms with Crippen molar-refractivity contribution in [2.24, 2.45) is 0 Å². The maximum atomic E-state index is 14.6. The summed E-state index contributed by atoms with van der Waals surface area (Å²) in [6.07, 6.45) is 9.41. The van der Waals surface area contributed by atoms with Gasteiger partial charge in [0.25, 0.3) is 0 Å². The third-order valence-electron chi connectivity index (χ3n) is 4.93. The summed E-state index contributed by atoms with van der Waals surface area (Å²) in [7, 11) is 0. The van der Waals surface area contributed by atoms with Crippen molar-refractivity contribution in [2.75, 3.05) is 29.4 Å². The Labute approximate surface area is 160 Å². The lowest BCUT2D eigenvalue weighted by Gasteiger charge is -2.30. The molecule has 3 aromatic rings. The number of halogens is 2. The Balaban J connectivity index is 1.65. The highest BCUT2D eigenvalue weighted by Crippen LogP contribution is 2.32. The molecule has 0 spiro atoms. The Morgan fingerprint density at radius 1 is 1.32 bits per heavy atom. The van der Waals surface area contributed by atoms with Gasteiger partial charge in [0.2, 0.25) is 0 Å².